The van der Waals surface area contributed by atoms with E-state index in [9.17, 15) is 9.59 Å². The van der Waals surface area contributed by atoms with Crippen LogP contribution in [0.15, 0.2) is 36.9 Å². The van der Waals surface area contributed by atoms with Gasteiger partial charge in [-0.2, -0.15) is 0 Å². The standard InChI is InChI=1S/C31H38F2N6O3/c1-5-24(40)37-14-15-38-21(17-37)19-42-28-25(30(38)41)29(34-27(26(28)33)22-8-6-7-9-23(22)32)39-18-20(16-31(39,2)3)36-12-10-35(4)11-13-36/h5-9,20-21H,1,10-19H2,2-4H3/t20-,21-/m1/s1. The summed E-state index contributed by atoms with van der Waals surface area (Å²) < 4.78 is 37.5. The number of piperazine rings is 2. The molecule has 1 aromatic heterocycles. The molecule has 2 amide bonds. The fourth-order valence-electron chi connectivity index (χ4n) is 6.82. The van der Waals surface area contributed by atoms with Crippen molar-refractivity contribution in [3.8, 4) is 17.0 Å². The van der Waals surface area contributed by atoms with Crippen molar-refractivity contribution >= 4 is 17.6 Å². The van der Waals surface area contributed by atoms with Crippen LogP contribution < -0.4 is 9.64 Å². The van der Waals surface area contributed by atoms with Gasteiger partial charge in [-0.3, -0.25) is 14.5 Å². The minimum atomic E-state index is -0.862. The molecule has 0 N–H and O–H groups in total. The molecule has 4 aliphatic heterocycles. The van der Waals surface area contributed by atoms with Crippen LogP contribution in [0.3, 0.4) is 0 Å². The smallest absolute Gasteiger partial charge is 0.262 e. The summed E-state index contributed by atoms with van der Waals surface area (Å²) in [5.74, 6) is -1.99. The molecular formula is C31H38F2N6O3. The molecule has 0 radical (unpaired) electrons. The van der Waals surface area contributed by atoms with Crippen LogP contribution in [0.2, 0.25) is 0 Å². The van der Waals surface area contributed by atoms with Gasteiger partial charge in [-0.05, 0) is 45.5 Å². The van der Waals surface area contributed by atoms with E-state index in [0.717, 1.165) is 32.6 Å². The predicted octanol–water partition coefficient (Wildman–Crippen LogP) is 2.86. The zero-order valence-corrected chi connectivity index (χ0v) is 24.5. The molecule has 42 heavy (non-hydrogen) atoms. The molecule has 3 saturated heterocycles. The Labute approximate surface area is 245 Å². The molecule has 6 rings (SSSR count). The molecule has 2 atom stereocenters. The number of anilines is 1. The number of fused-ring (bicyclic) bond motifs is 2. The Bertz CT molecular complexity index is 1410. The summed E-state index contributed by atoms with van der Waals surface area (Å²) in [6.45, 7) is 13.1. The second kappa shape index (κ2) is 10.9. The number of aromatic nitrogens is 1. The third-order valence-electron chi connectivity index (χ3n) is 9.24. The molecule has 0 saturated carbocycles. The Kier molecular flexibility index (Phi) is 7.43. The number of amides is 2. The molecule has 0 aliphatic carbocycles. The molecular weight excluding hydrogens is 542 g/mol. The molecule has 224 valence electrons. The molecule has 0 unspecified atom stereocenters. The lowest BCUT2D eigenvalue weighted by atomic mass is 9.98. The third-order valence-corrected chi connectivity index (χ3v) is 9.24. The van der Waals surface area contributed by atoms with E-state index in [-0.39, 0.29) is 54.2 Å². The summed E-state index contributed by atoms with van der Waals surface area (Å²) in [5.41, 5.74) is -0.532. The first-order valence-corrected chi connectivity index (χ1v) is 14.6. The molecule has 4 aliphatic rings. The Morgan fingerprint density at radius 2 is 1.81 bits per heavy atom. The Morgan fingerprint density at radius 3 is 2.52 bits per heavy atom. The van der Waals surface area contributed by atoms with Crippen molar-refractivity contribution in [3.05, 3.63) is 54.1 Å². The van der Waals surface area contributed by atoms with Crippen LogP contribution >= 0.6 is 0 Å². The summed E-state index contributed by atoms with van der Waals surface area (Å²) >= 11 is 0. The van der Waals surface area contributed by atoms with Crippen molar-refractivity contribution < 1.29 is 23.1 Å². The van der Waals surface area contributed by atoms with Crippen LogP contribution in [-0.4, -0.2) is 120 Å². The van der Waals surface area contributed by atoms with Crippen molar-refractivity contribution in [2.75, 3.05) is 70.9 Å². The zero-order chi connectivity index (χ0) is 29.8. The maximum atomic E-state index is 16.3. The Balaban J connectivity index is 1.45. The lowest BCUT2D eigenvalue weighted by molar-refractivity contribution is -0.128. The van der Waals surface area contributed by atoms with Gasteiger partial charge in [0.05, 0.1) is 6.04 Å². The number of ether oxygens (including phenoxy) is 1. The second-order valence-corrected chi connectivity index (χ2v) is 12.4. The van der Waals surface area contributed by atoms with Gasteiger partial charge in [-0.15, -0.1) is 0 Å². The number of hydrogen-bond acceptors (Lipinski definition) is 7. The number of carbonyl (C=O) groups excluding carboxylic acids is 2. The topological polar surface area (TPSA) is 72.5 Å². The summed E-state index contributed by atoms with van der Waals surface area (Å²) in [6.07, 6.45) is 2.08. The van der Waals surface area contributed by atoms with Crippen LogP contribution in [0.25, 0.3) is 11.3 Å². The van der Waals surface area contributed by atoms with E-state index >= 15 is 8.78 Å². The highest BCUT2D eigenvalue weighted by Crippen LogP contribution is 2.44. The van der Waals surface area contributed by atoms with Crippen molar-refractivity contribution in [1.82, 2.24) is 24.6 Å². The lowest BCUT2D eigenvalue weighted by Crippen LogP contribution is -2.57. The second-order valence-electron chi connectivity index (χ2n) is 12.4. The highest BCUT2D eigenvalue weighted by atomic mass is 19.1. The van der Waals surface area contributed by atoms with Gasteiger partial charge in [0.25, 0.3) is 5.91 Å². The number of benzene rings is 1. The van der Waals surface area contributed by atoms with Gasteiger partial charge in [0.15, 0.2) is 11.6 Å². The summed E-state index contributed by atoms with van der Waals surface area (Å²) in [5, 5.41) is 0. The number of nitrogens with zero attached hydrogens (tertiary/aromatic N) is 6. The normalized spacial score (nSPS) is 24.6. The molecule has 1 aromatic carbocycles. The van der Waals surface area contributed by atoms with Crippen LogP contribution in [0, 0.1) is 11.6 Å². The van der Waals surface area contributed by atoms with E-state index < -0.39 is 29.1 Å². The van der Waals surface area contributed by atoms with E-state index in [4.69, 9.17) is 9.72 Å². The number of rotatable bonds is 4. The quantitative estimate of drug-likeness (QED) is 0.515. The van der Waals surface area contributed by atoms with Crippen LogP contribution in [0.5, 0.6) is 5.75 Å². The van der Waals surface area contributed by atoms with Crippen molar-refractivity contribution in [2.24, 2.45) is 0 Å². The van der Waals surface area contributed by atoms with Gasteiger partial charge < -0.3 is 24.3 Å². The number of halogens is 2. The number of likely N-dealkylation sites (N-methyl/N-ethyl adjacent to an activating group) is 1. The number of carbonyl (C=O) groups is 2. The Hall–Kier alpha value is -3.57. The number of pyridine rings is 1. The fraction of sp³-hybridized carbons (Fsp3) is 0.516. The van der Waals surface area contributed by atoms with Crippen molar-refractivity contribution in [2.45, 2.75) is 37.9 Å². The predicted molar refractivity (Wildman–Crippen MR) is 156 cm³/mol. The van der Waals surface area contributed by atoms with Gasteiger partial charge in [-0.1, -0.05) is 18.7 Å². The molecule has 0 bridgehead atoms. The van der Waals surface area contributed by atoms with E-state index in [1.165, 1.54) is 18.2 Å². The van der Waals surface area contributed by atoms with E-state index in [1.54, 1.807) is 21.9 Å². The van der Waals surface area contributed by atoms with Gasteiger partial charge in [-0.25, -0.2) is 13.8 Å². The average molecular weight is 581 g/mol. The molecule has 9 nitrogen and oxygen atoms in total. The minimum Gasteiger partial charge on any atom is -0.487 e. The minimum absolute atomic E-state index is 0.00689. The van der Waals surface area contributed by atoms with Crippen LogP contribution in [0.4, 0.5) is 14.6 Å². The average Bonchev–Trinajstić information content (AvgIpc) is 3.22. The van der Waals surface area contributed by atoms with Gasteiger partial charge in [0, 0.05) is 69.5 Å². The number of hydrogen-bond donors (Lipinski definition) is 0. The van der Waals surface area contributed by atoms with E-state index in [1.807, 2.05) is 0 Å². The highest BCUT2D eigenvalue weighted by molar-refractivity contribution is 6.03. The van der Waals surface area contributed by atoms with Crippen LogP contribution in [-0.2, 0) is 4.79 Å². The molecule has 0 spiro atoms. The van der Waals surface area contributed by atoms with Gasteiger partial charge in [0.1, 0.15) is 29.5 Å². The van der Waals surface area contributed by atoms with Gasteiger partial charge in [0.2, 0.25) is 5.91 Å². The van der Waals surface area contributed by atoms with E-state index in [0.29, 0.717) is 18.9 Å². The SMILES string of the molecule is C=CC(=O)N1CCN2C(=O)c3c(N4C[C@H](N5CCN(C)CC5)CC4(C)C)nc(-c4ccccc4F)c(F)c3OC[C@H]2C1. The summed E-state index contributed by atoms with van der Waals surface area (Å²) in [7, 11) is 2.12. The first kappa shape index (κ1) is 28.5. The maximum absolute atomic E-state index is 16.3. The maximum Gasteiger partial charge on any atom is 0.262 e. The first-order chi connectivity index (χ1) is 20.1. The third kappa shape index (κ3) is 4.92. The van der Waals surface area contributed by atoms with Gasteiger partial charge >= 0.3 is 0 Å². The first-order valence-electron chi connectivity index (χ1n) is 14.6. The zero-order valence-electron chi connectivity index (χ0n) is 24.5. The van der Waals surface area contributed by atoms with Crippen LogP contribution in [0.1, 0.15) is 30.6 Å². The monoisotopic (exact) mass is 580 g/mol. The molecule has 5 heterocycles. The lowest BCUT2D eigenvalue weighted by Gasteiger charge is -2.40. The largest absolute Gasteiger partial charge is 0.487 e. The van der Waals surface area contributed by atoms with Crippen molar-refractivity contribution in [3.63, 3.8) is 0 Å². The summed E-state index contributed by atoms with van der Waals surface area (Å²) in [4.78, 5) is 41.5. The van der Waals surface area contributed by atoms with E-state index in [2.05, 4.69) is 42.2 Å². The van der Waals surface area contributed by atoms with Crippen molar-refractivity contribution in [1.29, 1.82) is 0 Å². The molecule has 3 fully saturated rings. The molecule has 2 aromatic rings. The highest BCUT2D eigenvalue weighted by Gasteiger charge is 2.47. The fourth-order valence-corrected chi connectivity index (χ4v) is 6.82. The molecule has 11 heteroatoms. The Morgan fingerprint density at radius 1 is 1.07 bits per heavy atom. The summed E-state index contributed by atoms with van der Waals surface area (Å²) in [6, 6.07) is 5.67.